The maximum atomic E-state index is 14.1. The van der Waals surface area contributed by atoms with Gasteiger partial charge in [-0.15, -0.1) is 0 Å². The first-order valence-electron chi connectivity index (χ1n) is 10.8. The summed E-state index contributed by atoms with van der Waals surface area (Å²) in [7, 11) is 1.58. The van der Waals surface area contributed by atoms with Crippen molar-refractivity contribution in [1.82, 2.24) is 9.80 Å². The summed E-state index contributed by atoms with van der Waals surface area (Å²) in [5.41, 5.74) is 0.615. The van der Waals surface area contributed by atoms with E-state index in [4.69, 9.17) is 21.1 Å². The van der Waals surface area contributed by atoms with Crippen molar-refractivity contribution in [3.05, 3.63) is 58.4 Å². The molecule has 0 bridgehead atoms. The van der Waals surface area contributed by atoms with Gasteiger partial charge < -0.3 is 19.3 Å². The fourth-order valence-electron chi connectivity index (χ4n) is 3.62. The monoisotopic (exact) mass is 462 g/mol. The zero-order chi connectivity index (χ0) is 23.1. The van der Waals surface area contributed by atoms with Crippen LogP contribution in [0.4, 0.5) is 4.39 Å². The molecule has 0 atom stereocenters. The molecule has 1 fully saturated rings. The van der Waals surface area contributed by atoms with E-state index < -0.39 is 5.82 Å². The minimum absolute atomic E-state index is 0.0247. The molecule has 1 saturated heterocycles. The van der Waals surface area contributed by atoms with Crippen molar-refractivity contribution in [1.29, 1.82) is 0 Å². The summed E-state index contributed by atoms with van der Waals surface area (Å²) in [5, 5.41) is 0.266. The number of benzene rings is 2. The second kappa shape index (κ2) is 11.2. The summed E-state index contributed by atoms with van der Waals surface area (Å²) in [5.74, 6) is -0.0695. The number of halogens is 2. The van der Waals surface area contributed by atoms with Crippen molar-refractivity contribution in [3.8, 4) is 11.5 Å². The molecule has 3 rings (SSSR count). The van der Waals surface area contributed by atoms with E-state index in [-0.39, 0.29) is 35.6 Å². The molecule has 2 amide bonds. The Balaban J connectivity index is 1.69. The summed E-state index contributed by atoms with van der Waals surface area (Å²) >= 11 is 6.08. The van der Waals surface area contributed by atoms with Gasteiger partial charge in [0.1, 0.15) is 5.82 Å². The number of nitrogens with zero attached hydrogens (tertiary/aromatic N) is 2. The Bertz CT molecular complexity index is 943. The highest BCUT2D eigenvalue weighted by atomic mass is 35.5. The predicted molar refractivity (Wildman–Crippen MR) is 121 cm³/mol. The molecule has 2 aromatic carbocycles. The van der Waals surface area contributed by atoms with Crippen molar-refractivity contribution in [2.45, 2.75) is 32.7 Å². The van der Waals surface area contributed by atoms with Crippen LogP contribution in [0, 0.1) is 5.82 Å². The quantitative estimate of drug-likeness (QED) is 0.577. The number of hydrogen-bond donors (Lipinski definition) is 0. The van der Waals surface area contributed by atoms with Gasteiger partial charge in [0.25, 0.3) is 11.8 Å². The number of piperidine rings is 1. The number of likely N-dealkylation sites (tertiary alicyclic amines) is 1. The number of carbonyl (C=O) groups is 2. The van der Waals surface area contributed by atoms with Crippen molar-refractivity contribution in [3.63, 3.8) is 0 Å². The summed E-state index contributed by atoms with van der Waals surface area (Å²) in [6.45, 7) is 3.65. The minimum atomic E-state index is -0.464. The second-order valence-corrected chi connectivity index (χ2v) is 8.09. The first-order valence-corrected chi connectivity index (χ1v) is 11.1. The normalized spacial score (nSPS) is 13.6. The maximum absolute atomic E-state index is 14.1. The first kappa shape index (κ1) is 23.9. The second-order valence-electron chi connectivity index (χ2n) is 7.69. The molecular weight excluding hydrogens is 435 g/mol. The molecular formula is C24H28ClFN2O4. The molecule has 8 heteroatoms. The number of ether oxygens (including phenoxy) is 2. The van der Waals surface area contributed by atoms with E-state index in [1.807, 2.05) is 11.8 Å². The molecule has 32 heavy (non-hydrogen) atoms. The third-order valence-corrected chi connectivity index (χ3v) is 5.71. The Hall–Kier alpha value is -2.80. The van der Waals surface area contributed by atoms with Crippen LogP contribution < -0.4 is 9.47 Å². The van der Waals surface area contributed by atoms with Gasteiger partial charge in [-0.2, -0.15) is 0 Å². The van der Waals surface area contributed by atoms with E-state index in [0.29, 0.717) is 23.7 Å². The number of hydrogen-bond acceptors (Lipinski definition) is 4. The van der Waals surface area contributed by atoms with Crippen LogP contribution in [0.3, 0.4) is 0 Å². The largest absolute Gasteiger partial charge is 0.490 e. The van der Waals surface area contributed by atoms with E-state index in [1.165, 1.54) is 17.0 Å². The highest BCUT2D eigenvalue weighted by Crippen LogP contribution is 2.30. The molecule has 0 unspecified atom stereocenters. The predicted octanol–water partition coefficient (Wildman–Crippen LogP) is 4.54. The van der Waals surface area contributed by atoms with Gasteiger partial charge in [0, 0.05) is 42.8 Å². The Morgan fingerprint density at radius 2 is 1.84 bits per heavy atom. The van der Waals surface area contributed by atoms with Gasteiger partial charge >= 0.3 is 0 Å². The van der Waals surface area contributed by atoms with Crippen LogP contribution in [-0.2, 0) is 11.3 Å². The van der Waals surface area contributed by atoms with Gasteiger partial charge in [0.05, 0.1) is 6.61 Å². The van der Waals surface area contributed by atoms with Crippen LogP contribution in [0.1, 0.15) is 42.1 Å². The molecule has 1 aliphatic rings. The fraction of sp³-hybridized carbons (Fsp3) is 0.417. The van der Waals surface area contributed by atoms with Gasteiger partial charge in [-0.1, -0.05) is 17.7 Å². The Kier molecular flexibility index (Phi) is 8.33. The van der Waals surface area contributed by atoms with Crippen LogP contribution >= 0.6 is 11.6 Å². The van der Waals surface area contributed by atoms with Crippen molar-refractivity contribution in [2.24, 2.45) is 0 Å². The topological polar surface area (TPSA) is 59.1 Å². The van der Waals surface area contributed by atoms with E-state index >= 15 is 0 Å². The van der Waals surface area contributed by atoms with Crippen LogP contribution in [0.25, 0.3) is 0 Å². The molecule has 6 nitrogen and oxygen atoms in total. The Labute approximate surface area is 192 Å². The van der Waals surface area contributed by atoms with Crippen LogP contribution in [0.2, 0.25) is 5.02 Å². The Morgan fingerprint density at radius 3 is 2.53 bits per heavy atom. The van der Waals surface area contributed by atoms with Crippen molar-refractivity contribution >= 4 is 23.4 Å². The molecule has 0 saturated carbocycles. The number of amides is 2. The molecule has 1 aliphatic heterocycles. The van der Waals surface area contributed by atoms with Crippen molar-refractivity contribution < 1.29 is 23.5 Å². The zero-order valence-electron chi connectivity index (χ0n) is 18.4. The zero-order valence-corrected chi connectivity index (χ0v) is 19.2. The summed E-state index contributed by atoms with van der Waals surface area (Å²) in [4.78, 5) is 28.5. The fourth-order valence-corrected chi connectivity index (χ4v) is 3.84. The molecule has 2 aromatic rings. The first-order chi connectivity index (χ1) is 15.4. The van der Waals surface area contributed by atoms with E-state index in [1.54, 1.807) is 31.3 Å². The summed E-state index contributed by atoms with van der Waals surface area (Å²) in [6, 6.07) is 9.21. The third kappa shape index (κ3) is 5.91. The number of carbonyl (C=O) groups excluding carboxylic acids is 2. The lowest BCUT2D eigenvalue weighted by Crippen LogP contribution is -2.38. The van der Waals surface area contributed by atoms with Crippen LogP contribution in [-0.4, -0.2) is 55.0 Å². The van der Waals surface area contributed by atoms with Gasteiger partial charge in [-0.3, -0.25) is 9.59 Å². The van der Waals surface area contributed by atoms with Gasteiger partial charge in [0.15, 0.2) is 18.1 Å². The molecule has 172 valence electrons. The van der Waals surface area contributed by atoms with Gasteiger partial charge in [-0.25, -0.2) is 4.39 Å². The molecule has 0 spiro atoms. The lowest BCUT2D eigenvalue weighted by molar-refractivity contribution is -0.134. The van der Waals surface area contributed by atoms with E-state index in [0.717, 1.165) is 32.4 Å². The molecule has 0 aliphatic carbocycles. The molecule has 0 N–H and O–H groups in total. The molecule has 1 heterocycles. The standard InChI is InChI=1S/C24H28ClFN2O4/c1-3-31-22-14-17(24(30)27(2)15-18-19(25)8-7-9-20(18)26)10-11-21(22)32-16-23(29)28-12-5-4-6-13-28/h7-11,14H,3-6,12-13,15-16H2,1-2H3. The average molecular weight is 463 g/mol. The highest BCUT2D eigenvalue weighted by molar-refractivity contribution is 6.31. The molecule has 0 radical (unpaired) electrons. The van der Waals surface area contributed by atoms with E-state index in [9.17, 15) is 14.0 Å². The summed E-state index contributed by atoms with van der Waals surface area (Å²) < 4.78 is 25.4. The number of rotatable bonds is 8. The maximum Gasteiger partial charge on any atom is 0.260 e. The molecule has 0 aromatic heterocycles. The average Bonchev–Trinajstić information content (AvgIpc) is 2.80. The third-order valence-electron chi connectivity index (χ3n) is 5.35. The SMILES string of the molecule is CCOc1cc(C(=O)N(C)Cc2c(F)cccc2Cl)ccc1OCC(=O)N1CCCCC1. The Morgan fingerprint density at radius 1 is 1.09 bits per heavy atom. The van der Waals surface area contributed by atoms with E-state index in [2.05, 4.69) is 0 Å². The van der Waals surface area contributed by atoms with Gasteiger partial charge in [0.2, 0.25) is 0 Å². The smallest absolute Gasteiger partial charge is 0.260 e. The highest BCUT2D eigenvalue weighted by Gasteiger charge is 2.20. The minimum Gasteiger partial charge on any atom is -0.490 e. The van der Waals surface area contributed by atoms with Crippen LogP contribution in [0.15, 0.2) is 36.4 Å². The lowest BCUT2D eigenvalue weighted by Gasteiger charge is -2.26. The van der Waals surface area contributed by atoms with Gasteiger partial charge in [-0.05, 0) is 56.5 Å². The summed E-state index contributed by atoms with van der Waals surface area (Å²) in [6.07, 6.45) is 3.17. The van der Waals surface area contributed by atoms with Crippen LogP contribution in [0.5, 0.6) is 11.5 Å². The lowest BCUT2D eigenvalue weighted by atomic mass is 10.1. The van der Waals surface area contributed by atoms with Crippen molar-refractivity contribution in [2.75, 3.05) is 33.4 Å².